The Morgan fingerprint density at radius 3 is 2.85 bits per heavy atom. The molecule has 68 valence electrons. The van der Waals surface area contributed by atoms with Crippen molar-refractivity contribution in [3.8, 4) is 0 Å². The molecule has 2 aromatic heterocycles. The van der Waals surface area contributed by atoms with Gasteiger partial charge in [0.05, 0.1) is 12.0 Å². The monoisotopic (exact) mass is 175 g/mol. The lowest BCUT2D eigenvalue weighted by Gasteiger charge is -2.05. The molecule has 0 aliphatic heterocycles. The fourth-order valence-electron chi connectivity index (χ4n) is 1.52. The van der Waals surface area contributed by atoms with Crippen LogP contribution in [0.4, 0.5) is 0 Å². The van der Waals surface area contributed by atoms with E-state index in [1.807, 2.05) is 12.3 Å². The van der Waals surface area contributed by atoms with Crippen molar-refractivity contribution in [2.75, 3.05) is 0 Å². The summed E-state index contributed by atoms with van der Waals surface area (Å²) in [4.78, 5) is 4.38. The first-order valence-electron chi connectivity index (χ1n) is 4.53. The maximum atomic E-state index is 5.43. The summed E-state index contributed by atoms with van der Waals surface area (Å²) in [6.07, 6.45) is 3.64. The van der Waals surface area contributed by atoms with Gasteiger partial charge in [-0.05, 0) is 24.5 Å². The molecule has 2 heterocycles. The zero-order chi connectivity index (χ0) is 9.42. The van der Waals surface area contributed by atoms with Gasteiger partial charge in [0, 0.05) is 11.6 Å². The van der Waals surface area contributed by atoms with Crippen LogP contribution in [0.1, 0.15) is 31.0 Å². The van der Waals surface area contributed by atoms with Crippen LogP contribution < -0.4 is 0 Å². The highest BCUT2D eigenvalue weighted by Gasteiger charge is 2.10. The molecule has 0 spiro atoms. The Kier molecular flexibility index (Phi) is 1.83. The Hall–Kier alpha value is -1.31. The molecule has 0 aliphatic carbocycles. The second-order valence-electron chi connectivity index (χ2n) is 3.64. The van der Waals surface area contributed by atoms with Gasteiger partial charge in [-0.25, -0.2) is 0 Å². The van der Waals surface area contributed by atoms with Gasteiger partial charge in [0.25, 0.3) is 0 Å². The summed E-state index contributed by atoms with van der Waals surface area (Å²) in [6, 6.07) is 2.00. The normalized spacial score (nSPS) is 11.4. The van der Waals surface area contributed by atoms with Gasteiger partial charge < -0.3 is 4.42 Å². The van der Waals surface area contributed by atoms with Crippen LogP contribution in [0.2, 0.25) is 0 Å². The Balaban J connectivity index is 2.78. The van der Waals surface area contributed by atoms with Crippen molar-refractivity contribution in [2.24, 2.45) is 0 Å². The highest BCUT2D eigenvalue weighted by atomic mass is 16.3. The van der Waals surface area contributed by atoms with Crippen molar-refractivity contribution in [3.05, 3.63) is 29.8 Å². The highest BCUT2D eigenvalue weighted by Crippen LogP contribution is 2.26. The Bertz CT molecular complexity index is 429. The lowest BCUT2D eigenvalue weighted by Crippen LogP contribution is -1.93. The number of fused-ring (bicyclic) bond motifs is 1. The van der Waals surface area contributed by atoms with Crippen LogP contribution in [0, 0.1) is 6.92 Å². The van der Waals surface area contributed by atoms with Gasteiger partial charge in [-0.2, -0.15) is 0 Å². The fourth-order valence-corrected chi connectivity index (χ4v) is 1.52. The zero-order valence-electron chi connectivity index (χ0n) is 8.16. The summed E-state index contributed by atoms with van der Waals surface area (Å²) in [5, 5.41) is 1.18. The van der Waals surface area contributed by atoms with E-state index in [2.05, 4.69) is 25.8 Å². The van der Waals surface area contributed by atoms with Crippen molar-refractivity contribution in [2.45, 2.75) is 26.7 Å². The van der Waals surface area contributed by atoms with Crippen LogP contribution in [0.15, 0.2) is 22.9 Å². The largest absolute Gasteiger partial charge is 0.462 e. The van der Waals surface area contributed by atoms with Gasteiger partial charge in [0.2, 0.25) is 0 Å². The standard InChI is InChI=1S/C11H13NO/c1-7(2)10-11-9(4-5-13-11)8(3)6-12-10/h4-7H,1-3H3. The maximum absolute atomic E-state index is 5.43. The number of rotatable bonds is 1. The highest BCUT2D eigenvalue weighted by molar-refractivity contribution is 5.82. The van der Waals surface area contributed by atoms with Gasteiger partial charge >= 0.3 is 0 Å². The number of furan rings is 1. The minimum absolute atomic E-state index is 0.411. The molecule has 2 aromatic rings. The minimum Gasteiger partial charge on any atom is -0.462 e. The van der Waals surface area contributed by atoms with Crippen LogP contribution >= 0.6 is 0 Å². The van der Waals surface area contributed by atoms with Gasteiger partial charge in [-0.1, -0.05) is 13.8 Å². The molecular formula is C11H13NO. The fraction of sp³-hybridized carbons (Fsp3) is 0.364. The second-order valence-corrected chi connectivity index (χ2v) is 3.64. The molecule has 2 nitrogen and oxygen atoms in total. The van der Waals surface area contributed by atoms with Crippen LogP contribution in [0.5, 0.6) is 0 Å². The van der Waals surface area contributed by atoms with E-state index in [0.29, 0.717) is 5.92 Å². The molecule has 0 radical (unpaired) electrons. The van der Waals surface area contributed by atoms with Crippen LogP contribution in [-0.4, -0.2) is 4.98 Å². The summed E-state index contributed by atoms with van der Waals surface area (Å²) in [6.45, 7) is 6.30. The van der Waals surface area contributed by atoms with Crippen molar-refractivity contribution in [1.29, 1.82) is 0 Å². The third-order valence-electron chi connectivity index (χ3n) is 2.27. The predicted octanol–water partition coefficient (Wildman–Crippen LogP) is 3.26. The Morgan fingerprint density at radius 1 is 1.38 bits per heavy atom. The Morgan fingerprint density at radius 2 is 2.15 bits per heavy atom. The average Bonchev–Trinajstić information content (AvgIpc) is 2.53. The average molecular weight is 175 g/mol. The number of aryl methyl sites for hydroxylation is 1. The van der Waals surface area contributed by atoms with E-state index < -0.39 is 0 Å². The molecule has 0 aliphatic rings. The van der Waals surface area contributed by atoms with Crippen LogP contribution in [0.3, 0.4) is 0 Å². The zero-order valence-corrected chi connectivity index (χ0v) is 8.16. The third kappa shape index (κ3) is 1.22. The topological polar surface area (TPSA) is 26.0 Å². The molecule has 0 unspecified atom stereocenters. The van der Waals surface area contributed by atoms with Gasteiger partial charge in [-0.3, -0.25) is 4.98 Å². The minimum atomic E-state index is 0.411. The van der Waals surface area contributed by atoms with E-state index in [4.69, 9.17) is 4.42 Å². The lowest BCUT2D eigenvalue weighted by atomic mass is 10.1. The molecule has 0 atom stereocenters. The number of nitrogens with zero attached hydrogens (tertiary/aromatic N) is 1. The molecular weight excluding hydrogens is 162 g/mol. The van der Waals surface area contributed by atoms with Crippen LogP contribution in [-0.2, 0) is 0 Å². The quantitative estimate of drug-likeness (QED) is 0.664. The first kappa shape index (κ1) is 8.30. The van der Waals surface area contributed by atoms with Crippen molar-refractivity contribution in [3.63, 3.8) is 0 Å². The molecule has 2 heteroatoms. The molecule has 0 fully saturated rings. The van der Waals surface area contributed by atoms with E-state index in [1.54, 1.807) is 6.26 Å². The second kappa shape index (κ2) is 2.87. The first-order chi connectivity index (χ1) is 6.20. The smallest absolute Gasteiger partial charge is 0.155 e. The van der Waals surface area contributed by atoms with E-state index in [1.165, 1.54) is 10.9 Å². The van der Waals surface area contributed by atoms with Gasteiger partial charge in [0.15, 0.2) is 5.58 Å². The van der Waals surface area contributed by atoms with E-state index >= 15 is 0 Å². The van der Waals surface area contributed by atoms with Gasteiger partial charge in [-0.15, -0.1) is 0 Å². The molecule has 0 bridgehead atoms. The summed E-state index contributed by atoms with van der Waals surface area (Å²) >= 11 is 0. The molecule has 0 saturated carbocycles. The van der Waals surface area contributed by atoms with E-state index in [-0.39, 0.29) is 0 Å². The van der Waals surface area contributed by atoms with Crippen molar-refractivity contribution < 1.29 is 4.42 Å². The SMILES string of the molecule is Cc1cnc(C(C)C)c2occc12. The Labute approximate surface area is 77.6 Å². The van der Waals surface area contributed by atoms with Crippen molar-refractivity contribution in [1.82, 2.24) is 4.98 Å². The number of hydrogen-bond donors (Lipinski definition) is 0. The summed E-state index contributed by atoms with van der Waals surface area (Å²) < 4.78 is 5.43. The molecule has 0 amide bonds. The van der Waals surface area contributed by atoms with Crippen LogP contribution in [0.25, 0.3) is 11.0 Å². The molecule has 13 heavy (non-hydrogen) atoms. The third-order valence-corrected chi connectivity index (χ3v) is 2.27. The molecule has 2 rings (SSSR count). The maximum Gasteiger partial charge on any atom is 0.155 e. The molecule has 0 saturated heterocycles. The van der Waals surface area contributed by atoms with E-state index in [0.717, 1.165) is 11.3 Å². The number of aromatic nitrogens is 1. The van der Waals surface area contributed by atoms with Crippen molar-refractivity contribution >= 4 is 11.0 Å². The molecule has 0 N–H and O–H groups in total. The first-order valence-corrected chi connectivity index (χ1v) is 4.53. The number of pyridine rings is 1. The van der Waals surface area contributed by atoms with Gasteiger partial charge in [0.1, 0.15) is 0 Å². The summed E-state index contributed by atoms with van der Waals surface area (Å²) in [7, 11) is 0. The number of hydrogen-bond acceptors (Lipinski definition) is 2. The van der Waals surface area contributed by atoms with E-state index in [9.17, 15) is 0 Å². The summed E-state index contributed by atoms with van der Waals surface area (Å²) in [5.41, 5.74) is 3.16. The lowest BCUT2D eigenvalue weighted by molar-refractivity contribution is 0.603. The predicted molar refractivity (Wildman–Crippen MR) is 52.8 cm³/mol. The summed E-state index contributed by atoms with van der Waals surface area (Å²) in [5.74, 6) is 0.411. The molecule has 0 aromatic carbocycles.